The van der Waals surface area contributed by atoms with Crippen LogP contribution in [0.2, 0.25) is 0 Å². The Morgan fingerprint density at radius 1 is 1.27 bits per heavy atom. The molecule has 22 heavy (non-hydrogen) atoms. The van der Waals surface area contributed by atoms with Crippen molar-refractivity contribution in [1.29, 1.82) is 0 Å². The quantitative estimate of drug-likeness (QED) is 0.885. The highest BCUT2D eigenvalue weighted by molar-refractivity contribution is 5.85. The predicted octanol–water partition coefficient (Wildman–Crippen LogP) is 1.84. The molecule has 2 rings (SSSR count). The molecule has 0 radical (unpaired) electrons. The average Bonchev–Trinajstić information content (AvgIpc) is 2.53. The molecule has 0 aliphatic carbocycles. The third-order valence-electron chi connectivity index (χ3n) is 4.36. The maximum absolute atomic E-state index is 12.3. The number of amides is 1. The molecule has 1 heterocycles. The summed E-state index contributed by atoms with van der Waals surface area (Å²) in [6.45, 7) is 6.80. The van der Waals surface area contributed by atoms with Gasteiger partial charge in [-0.15, -0.1) is 12.4 Å². The largest absolute Gasteiger partial charge is 0.506 e. The second kappa shape index (κ2) is 8.25. The van der Waals surface area contributed by atoms with Gasteiger partial charge in [0.2, 0.25) is 5.91 Å². The lowest BCUT2D eigenvalue weighted by molar-refractivity contribution is -0.134. The fourth-order valence-corrected chi connectivity index (χ4v) is 2.61. The van der Waals surface area contributed by atoms with Crippen LogP contribution in [0.25, 0.3) is 0 Å². The van der Waals surface area contributed by atoms with E-state index in [2.05, 4.69) is 4.90 Å². The first-order valence-electron chi connectivity index (χ1n) is 7.62. The molecule has 0 aromatic heterocycles. The highest BCUT2D eigenvalue weighted by atomic mass is 35.5. The molecule has 1 aliphatic heterocycles. The molecule has 2 unspecified atom stereocenters. The van der Waals surface area contributed by atoms with Crippen LogP contribution in [0.1, 0.15) is 20.3 Å². The summed E-state index contributed by atoms with van der Waals surface area (Å²) in [6.07, 6.45) is 0.907. The Hall–Kier alpha value is -1.46. The minimum atomic E-state index is -0.410. The summed E-state index contributed by atoms with van der Waals surface area (Å²) in [5, 5.41) is 9.89. The summed E-state index contributed by atoms with van der Waals surface area (Å²) in [7, 11) is 0. The Bertz CT molecular complexity index is 490. The topological polar surface area (TPSA) is 69.8 Å². The number of anilines is 1. The number of hydrogen-bond donors (Lipinski definition) is 2. The third kappa shape index (κ3) is 4.05. The average molecular weight is 328 g/mol. The Morgan fingerprint density at radius 3 is 2.41 bits per heavy atom. The molecule has 2 atom stereocenters. The molecule has 5 nitrogen and oxygen atoms in total. The number of piperazine rings is 1. The Balaban J connectivity index is 0.00000242. The first kappa shape index (κ1) is 18.6. The van der Waals surface area contributed by atoms with Crippen LogP contribution in [0.3, 0.4) is 0 Å². The molecule has 1 aliphatic rings. The van der Waals surface area contributed by atoms with Crippen LogP contribution in [0.4, 0.5) is 5.69 Å². The fourth-order valence-electron chi connectivity index (χ4n) is 2.61. The number of nitrogens with zero attached hydrogens (tertiary/aromatic N) is 2. The SMILES string of the molecule is CCC(C)C(N)C(=O)N1CCN(c2ccccc2O)CC1.Cl. The van der Waals surface area contributed by atoms with Crippen LogP contribution in [0.15, 0.2) is 24.3 Å². The van der Waals surface area contributed by atoms with Gasteiger partial charge in [-0.2, -0.15) is 0 Å². The second-order valence-corrected chi connectivity index (χ2v) is 5.71. The molecule has 1 aromatic rings. The van der Waals surface area contributed by atoms with Crippen molar-refractivity contribution in [2.75, 3.05) is 31.1 Å². The minimum Gasteiger partial charge on any atom is -0.506 e. The van der Waals surface area contributed by atoms with Crippen molar-refractivity contribution >= 4 is 24.0 Å². The molecular weight excluding hydrogens is 302 g/mol. The standard InChI is InChI=1S/C16H25N3O2.ClH/c1-3-12(2)15(17)16(21)19-10-8-18(9-11-19)13-6-4-5-7-14(13)20;/h4-7,12,15,20H,3,8-11,17H2,1-2H3;1H. The maximum atomic E-state index is 12.3. The van der Waals surface area contributed by atoms with Crippen LogP contribution in [-0.2, 0) is 4.79 Å². The number of halogens is 1. The smallest absolute Gasteiger partial charge is 0.239 e. The molecule has 124 valence electrons. The van der Waals surface area contributed by atoms with Gasteiger partial charge >= 0.3 is 0 Å². The number of benzene rings is 1. The lowest BCUT2D eigenvalue weighted by Crippen LogP contribution is -2.54. The van der Waals surface area contributed by atoms with Gasteiger partial charge in [0, 0.05) is 26.2 Å². The van der Waals surface area contributed by atoms with Crippen molar-refractivity contribution in [3.05, 3.63) is 24.3 Å². The van der Waals surface area contributed by atoms with Gasteiger partial charge < -0.3 is 20.6 Å². The molecule has 0 spiro atoms. The monoisotopic (exact) mass is 327 g/mol. The molecule has 0 bridgehead atoms. The van der Waals surface area contributed by atoms with E-state index in [0.717, 1.165) is 25.2 Å². The molecule has 1 amide bonds. The number of rotatable bonds is 4. The Labute approximate surface area is 138 Å². The van der Waals surface area contributed by atoms with E-state index in [4.69, 9.17) is 5.73 Å². The van der Waals surface area contributed by atoms with Gasteiger partial charge in [-0.25, -0.2) is 0 Å². The number of phenolic OH excluding ortho intramolecular Hbond substituents is 1. The second-order valence-electron chi connectivity index (χ2n) is 5.71. The first-order valence-corrected chi connectivity index (χ1v) is 7.62. The Kier molecular flexibility index (Phi) is 6.97. The van der Waals surface area contributed by atoms with Crippen molar-refractivity contribution in [3.63, 3.8) is 0 Å². The van der Waals surface area contributed by atoms with E-state index >= 15 is 0 Å². The van der Waals surface area contributed by atoms with Crippen molar-refractivity contribution in [2.45, 2.75) is 26.3 Å². The molecule has 0 saturated carbocycles. The van der Waals surface area contributed by atoms with Crippen LogP contribution in [0, 0.1) is 5.92 Å². The summed E-state index contributed by atoms with van der Waals surface area (Å²) in [6, 6.07) is 6.89. The van der Waals surface area contributed by atoms with E-state index in [0.29, 0.717) is 13.1 Å². The van der Waals surface area contributed by atoms with Crippen molar-refractivity contribution < 1.29 is 9.90 Å². The van der Waals surface area contributed by atoms with Gasteiger partial charge in [-0.1, -0.05) is 32.4 Å². The van der Waals surface area contributed by atoms with Gasteiger partial charge in [0.05, 0.1) is 11.7 Å². The predicted molar refractivity (Wildman–Crippen MR) is 91.6 cm³/mol. The lowest BCUT2D eigenvalue weighted by atomic mass is 9.98. The first-order chi connectivity index (χ1) is 10.0. The molecule has 3 N–H and O–H groups in total. The number of carbonyl (C=O) groups is 1. The lowest BCUT2D eigenvalue weighted by Gasteiger charge is -2.37. The van der Waals surface area contributed by atoms with Crippen molar-refractivity contribution in [2.24, 2.45) is 11.7 Å². The maximum Gasteiger partial charge on any atom is 0.239 e. The van der Waals surface area contributed by atoms with E-state index in [1.54, 1.807) is 6.07 Å². The number of phenols is 1. The summed E-state index contributed by atoms with van der Waals surface area (Å²) < 4.78 is 0. The molecule has 1 fully saturated rings. The molecule has 1 aromatic carbocycles. The number of aromatic hydroxyl groups is 1. The fraction of sp³-hybridized carbons (Fsp3) is 0.562. The number of para-hydroxylation sites is 2. The van der Waals surface area contributed by atoms with Gasteiger partial charge in [0.25, 0.3) is 0 Å². The van der Waals surface area contributed by atoms with E-state index in [1.807, 2.05) is 36.9 Å². The number of hydrogen-bond acceptors (Lipinski definition) is 4. The summed E-state index contributed by atoms with van der Waals surface area (Å²) in [5.41, 5.74) is 6.86. The third-order valence-corrected chi connectivity index (χ3v) is 4.36. The van der Waals surface area contributed by atoms with Gasteiger partial charge in [-0.3, -0.25) is 4.79 Å². The van der Waals surface area contributed by atoms with Gasteiger partial charge in [-0.05, 0) is 18.1 Å². The van der Waals surface area contributed by atoms with Crippen molar-refractivity contribution in [1.82, 2.24) is 4.90 Å². The molecule has 1 saturated heterocycles. The molecule has 6 heteroatoms. The van der Waals surface area contributed by atoms with Gasteiger partial charge in [0.1, 0.15) is 5.75 Å². The van der Waals surface area contributed by atoms with Crippen LogP contribution < -0.4 is 10.6 Å². The summed E-state index contributed by atoms with van der Waals surface area (Å²) in [4.78, 5) is 16.3. The van der Waals surface area contributed by atoms with Crippen molar-refractivity contribution in [3.8, 4) is 5.75 Å². The summed E-state index contributed by atoms with van der Waals surface area (Å²) >= 11 is 0. The number of carbonyl (C=O) groups excluding carboxylic acids is 1. The van der Waals surface area contributed by atoms with Crippen LogP contribution in [0.5, 0.6) is 5.75 Å². The van der Waals surface area contributed by atoms with E-state index in [9.17, 15) is 9.90 Å². The summed E-state index contributed by atoms with van der Waals surface area (Å²) in [5.74, 6) is 0.531. The zero-order valence-corrected chi connectivity index (χ0v) is 14.1. The minimum absolute atomic E-state index is 0. The zero-order valence-electron chi connectivity index (χ0n) is 13.2. The van der Waals surface area contributed by atoms with E-state index < -0.39 is 6.04 Å². The van der Waals surface area contributed by atoms with Crippen LogP contribution >= 0.6 is 12.4 Å². The highest BCUT2D eigenvalue weighted by Gasteiger charge is 2.28. The van der Waals surface area contributed by atoms with Crippen LogP contribution in [-0.4, -0.2) is 48.1 Å². The van der Waals surface area contributed by atoms with E-state index in [-0.39, 0.29) is 30.0 Å². The Morgan fingerprint density at radius 2 is 1.86 bits per heavy atom. The number of nitrogens with two attached hydrogens (primary N) is 1. The zero-order chi connectivity index (χ0) is 15.4. The highest BCUT2D eigenvalue weighted by Crippen LogP contribution is 2.27. The van der Waals surface area contributed by atoms with E-state index in [1.165, 1.54) is 0 Å². The normalized spacial score (nSPS) is 17.6. The molecular formula is C16H26ClN3O2. The van der Waals surface area contributed by atoms with Gasteiger partial charge in [0.15, 0.2) is 0 Å².